The van der Waals surface area contributed by atoms with Crippen LogP contribution in [0.3, 0.4) is 0 Å². The van der Waals surface area contributed by atoms with E-state index in [2.05, 4.69) is 21.2 Å². The standard InChI is InChI=1S/C11H14BrNO/c12-9-5-3-4-8(11(9)14)10-6-1-2-7-13-10/h3-5,10,13-14H,1-2,6-7H2/t10-/m1/s1. The molecule has 2 rings (SSSR count). The van der Waals surface area contributed by atoms with Crippen LogP contribution in [0.4, 0.5) is 0 Å². The lowest BCUT2D eigenvalue weighted by molar-refractivity contribution is 0.390. The van der Waals surface area contributed by atoms with Crippen molar-refractivity contribution in [2.24, 2.45) is 0 Å². The van der Waals surface area contributed by atoms with Crippen molar-refractivity contribution in [3.63, 3.8) is 0 Å². The monoisotopic (exact) mass is 255 g/mol. The third kappa shape index (κ3) is 1.93. The van der Waals surface area contributed by atoms with Gasteiger partial charge in [-0.15, -0.1) is 0 Å². The van der Waals surface area contributed by atoms with E-state index in [4.69, 9.17) is 0 Å². The number of piperidine rings is 1. The highest BCUT2D eigenvalue weighted by atomic mass is 79.9. The molecule has 3 heteroatoms. The fourth-order valence-corrected chi connectivity index (χ4v) is 2.31. The summed E-state index contributed by atoms with van der Waals surface area (Å²) in [4.78, 5) is 0. The van der Waals surface area contributed by atoms with E-state index in [0.717, 1.165) is 23.0 Å². The number of para-hydroxylation sites is 1. The summed E-state index contributed by atoms with van der Waals surface area (Å²) in [5.74, 6) is 0.381. The molecule has 0 saturated carbocycles. The lowest BCUT2D eigenvalue weighted by Crippen LogP contribution is -2.26. The molecule has 1 aromatic rings. The summed E-state index contributed by atoms with van der Waals surface area (Å²) in [6, 6.07) is 6.14. The SMILES string of the molecule is Oc1c(Br)cccc1[C@H]1CCCCN1. The summed E-state index contributed by atoms with van der Waals surface area (Å²) < 4.78 is 0.780. The minimum atomic E-state index is 0.321. The Morgan fingerprint density at radius 1 is 1.36 bits per heavy atom. The predicted molar refractivity (Wildman–Crippen MR) is 60.4 cm³/mol. The molecule has 0 radical (unpaired) electrons. The van der Waals surface area contributed by atoms with Crippen molar-refractivity contribution in [2.75, 3.05) is 6.54 Å². The number of hydrogen-bond acceptors (Lipinski definition) is 2. The van der Waals surface area contributed by atoms with Crippen LogP contribution in [0.1, 0.15) is 30.9 Å². The highest BCUT2D eigenvalue weighted by Crippen LogP contribution is 2.34. The number of nitrogens with one attached hydrogen (secondary N) is 1. The summed E-state index contributed by atoms with van der Waals surface area (Å²) in [6.45, 7) is 1.05. The topological polar surface area (TPSA) is 32.3 Å². The largest absolute Gasteiger partial charge is 0.506 e. The van der Waals surface area contributed by atoms with Gasteiger partial charge in [-0.2, -0.15) is 0 Å². The van der Waals surface area contributed by atoms with Crippen LogP contribution in [-0.2, 0) is 0 Å². The number of aromatic hydroxyl groups is 1. The maximum atomic E-state index is 9.86. The highest BCUT2D eigenvalue weighted by Gasteiger charge is 2.18. The molecule has 0 aromatic heterocycles. The van der Waals surface area contributed by atoms with Crippen LogP contribution < -0.4 is 5.32 Å². The van der Waals surface area contributed by atoms with Crippen molar-refractivity contribution in [1.29, 1.82) is 0 Å². The Hall–Kier alpha value is -0.540. The zero-order valence-corrected chi connectivity index (χ0v) is 9.55. The first-order chi connectivity index (χ1) is 6.79. The molecular formula is C11H14BrNO. The third-order valence-corrected chi connectivity index (χ3v) is 3.34. The summed E-state index contributed by atoms with van der Waals surface area (Å²) in [5.41, 5.74) is 1.01. The maximum Gasteiger partial charge on any atom is 0.134 e. The van der Waals surface area contributed by atoms with Crippen LogP contribution >= 0.6 is 15.9 Å². The lowest BCUT2D eigenvalue weighted by Gasteiger charge is -2.24. The van der Waals surface area contributed by atoms with Gasteiger partial charge in [-0.1, -0.05) is 18.6 Å². The molecule has 2 N–H and O–H groups in total. The Morgan fingerprint density at radius 3 is 2.93 bits per heavy atom. The molecule has 0 aliphatic carbocycles. The third-order valence-electron chi connectivity index (χ3n) is 2.70. The van der Waals surface area contributed by atoms with Gasteiger partial charge in [0, 0.05) is 11.6 Å². The highest BCUT2D eigenvalue weighted by molar-refractivity contribution is 9.10. The van der Waals surface area contributed by atoms with Gasteiger partial charge in [-0.25, -0.2) is 0 Å². The normalized spacial score (nSPS) is 22.2. The second kappa shape index (κ2) is 4.32. The number of hydrogen-bond donors (Lipinski definition) is 2. The minimum absolute atomic E-state index is 0.321. The molecule has 0 unspecified atom stereocenters. The van der Waals surface area contributed by atoms with E-state index in [9.17, 15) is 5.11 Å². The summed E-state index contributed by atoms with van der Waals surface area (Å²) in [5, 5.41) is 13.3. The lowest BCUT2D eigenvalue weighted by atomic mass is 9.97. The van der Waals surface area contributed by atoms with E-state index in [1.54, 1.807) is 0 Å². The van der Waals surface area contributed by atoms with Gasteiger partial charge < -0.3 is 10.4 Å². The smallest absolute Gasteiger partial charge is 0.134 e. The molecule has 76 valence electrons. The van der Waals surface area contributed by atoms with Gasteiger partial charge in [0.2, 0.25) is 0 Å². The van der Waals surface area contributed by atoms with Crippen molar-refractivity contribution in [2.45, 2.75) is 25.3 Å². The average Bonchev–Trinajstić information content (AvgIpc) is 2.23. The maximum absolute atomic E-state index is 9.86. The van der Waals surface area contributed by atoms with E-state index in [1.165, 1.54) is 12.8 Å². The summed E-state index contributed by atoms with van der Waals surface area (Å²) in [7, 11) is 0. The molecule has 2 nitrogen and oxygen atoms in total. The Labute approximate surface area is 92.5 Å². The van der Waals surface area contributed by atoms with Crippen molar-refractivity contribution >= 4 is 15.9 Å². The fraction of sp³-hybridized carbons (Fsp3) is 0.455. The van der Waals surface area contributed by atoms with Gasteiger partial charge in [0.1, 0.15) is 5.75 Å². The molecule has 1 atom stereocenters. The predicted octanol–water partition coefficient (Wildman–Crippen LogP) is 2.97. The van der Waals surface area contributed by atoms with Gasteiger partial charge in [0.15, 0.2) is 0 Å². The Morgan fingerprint density at radius 2 is 2.21 bits per heavy atom. The Kier molecular flexibility index (Phi) is 3.08. The molecule has 1 heterocycles. The quantitative estimate of drug-likeness (QED) is 0.809. The van der Waals surface area contributed by atoms with E-state index < -0.39 is 0 Å². The molecule has 1 aliphatic rings. The van der Waals surface area contributed by atoms with E-state index >= 15 is 0 Å². The fourth-order valence-electron chi connectivity index (χ4n) is 1.93. The van der Waals surface area contributed by atoms with Gasteiger partial charge >= 0.3 is 0 Å². The number of rotatable bonds is 1. The zero-order valence-electron chi connectivity index (χ0n) is 7.96. The first-order valence-corrected chi connectivity index (χ1v) is 5.79. The molecule has 1 saturated heterocycles. The zero-order chi connectivity index (χ0) is 9.97. The van der Waals surface area contributed by atoms with Crippen LogP contribution in [0.25, 0.3) is 0 Å². The molecule has 0 amide bonds. The van der Waals surface area contributed by atoms with Gasteiger partial charge in [0.05, 0.1) is 4.47 Å². The van der Waals surface area contributed by atoms with Crippen LogP contribution in [0.5, 0.6) is 5.75 Å². The second-order valence-corrected chi connectivity index (χ2v) is 4.53. The number of halogens is 1. The first-order valence-electron chi connectivity index (χ1n) is 5.00. The molecule has 1 aromatic carbocycles. The molecular weight excluding hydrogens is 242 g/mol. The van der Waals surface area contributed by atoms with E-state index in [1.807, 2.05) is 18.2 Å². The number of phenols is 1. The summed E-state index contributed by atoms with van der Waals surface area (Å²) in [6.07, 6.45) is 3.60. The number of phenolic OH excluding ortho intramolecular Hbond substituents is 1. The second-order valence-electron chi connectivity index (χ2n) is 3.68. The Balaban J connectivity index is 2.26. The molecule has 1 aliphatic heterocycles. The minimum Gasteiger partial charge on any atom is -0.506 e. The first kappa shape index (κ1) is 9.99. The van der Waals surface area contributed by atoms with Crippen LogP contribution in [0.2, 0.25) is 0 Å². The molecule has 0 spiro atoms. The molecule has 0 bridgehead atoms. The van der Waals surface area contributed by atoms with Gasteiger partial charge in [-0.3, -0.25) is 0 Å². The van der Waals surface area contributed by atoms with Crippen molar-refractivity contribution in [3.05, 3.63) is 28.2 Å². The summed E-state index contributed by atoms with van der Waals surface area (Å²) >= 11 is 3.33. The van der Waals surface area contributed by atoms with Gasteiger partial charge in [0.25, 0.3) is 0 Å². The Bertz CT molecular complexity index is 321. The van der Waals surface area contributed by atoms with E-state index in [-0.39, 0.29) is 0 Å². The van der Waals surface area contributed by atoms with Gasteiger partial charge in [-0.05, 0) is 41.4 Å². The van der Waals surface area contributed by atoms with Crippen LogP contribution in [0, 0.1) is 0 Å². The van der Waals surface area contributed by atoms with E-state index in [0.29, 0.717) is 11.8 Å². The van der Waals surface area contributed by atoms with Crippen molar-refractivity contribution in [3.8, 4) is 5.75 Å². The van der Waals surface area contributed by atoms with Crippen LogP contribution in [0.15, 0.2) is 22.7 Å². The number of benzene rings is 1. The molecule has 14 heavy (non-hydrogen) atoms. The van der Waals surface area contributed by atoms with Crippen LogP contribution in [-0.4, -0.2) is 11.7 Å². The van der Waals surface area contributed by atoms with Crippen molar-refractivity contribution in [1.82, 2.24) is 5.32 Å². The van der Waals surface area contributed by atoms with Crippen molar-refractivity contribution < 1.29 is 5.11 Å². The average molecular weight is 256 g/mol. The molecule has 1 fully saturated rings.